The molecule has 0 amide bonds. The molecule has 0 spiro atoms. The van der Waals surface area contributed by atoms with Crippen LogP contribution in [0, 0.1) is 13.8 Å². The fourth-order valence-corrected chi connectivity index (χ4v) is 2.69. The average molecular weight is 274 g/mol. The van der Waals surface area contributed by atoms with Crippen molar-refractivity contribution in [3.05, 3.63) is 63.4 Å². The standard InChI is InChI=1S/C15H14OS2/c1-10-5-6-11(2)12(8-10)13(16)9-14(17)15-4-3-7-18-15/h3-9,17H,1-2H3/b14-9-. The van der Waals surface area contributed by atoms with Crippen LogP contribution in [0.25, 0.3) is 4.91 Å². The van der Waals surface area contributed by atoms with E-state index in [0.29, 0.717) is 0 Å². The third kappa shape index (κ3) is 2.92. The van der Waals surface area contributed by atoms with Crippen molar-refractivity contribution in [2.45, 2.75) is 13.8 Å². The Morgan fingerprint density at radius 3 is 2.72 bits per heavy atom. The lowest BCUT2D eigenvalue weighted by Crippen LogP contribution is -1.99. The second-order valence-electron chi connectivity index (χ2n) is 4.19. The summed E-state index contributed by atoms with van der Waals surface area (Å²) < 4.78 is 0. The summed E-state index contributed by atoms with van der Waals surface area (Å²) in [6, 6.07) is 9.81. The van der Waals surface area contributed by atoms with Crippen LogP contribution in [0.1, 0.15) is 26.4 Å². The first-order chi connectivity index (χ1) is 8.58. The van der Waals surface area contributed by atoms with E-state index in [9.17, 15) is 4.79 Å². The number of thiophene rings is 1. The van der Waals surface area contributed by atoms with Crippen LogP contribution in [0.4, 0.5) is 0 Å². The SMILES string of the molecule is Cc1ccc(C)c(C(=O)/C=C(\S)c2cccs2)c1. The number of allylic oxidation sites excluding steroid dienone is 1. The van der Waals surface area contributed by atoms with Gasteiger partial charge in [-0.25, -0.2) is 0 Å². The van der Waals surface area contributed by atoms with Crippen LogP contribution in [-0.4, -0.2) is 5.78 Å². The number of ketones is 1. The molecule has 0 N–H and O–H groups in total. The third-order valence-electron chi connectivity index (χ3n) is 2.70. The first kappa shape index (κ1) is 13.1. The van der Waals surface area contributed by atoms with Gasteiger partial charge in [0.15, 0.2) is 5.78 Å². The number of aryl methyl sites for hydroxylation is 2. The first-order valence-electron chi connectivity index (χ1n) is 5.64. The highest BCUT2D eigenvalue weighted by molar-refractivity contribution is 7.90. The van der Waals surface area contributed by atoms with Crippen molar-refractivity contribution in [1.29, 1.82) is 0 Å². The van der Waals surface area contributed by atoms with Crippen molar-refractivity contribution >= 4 is 34.7 Å². The number of hydrogen-bond donors (Lipinski definition) is 1. The number of carbonyl (C=O) groups is 1. The number of carbonyl (C=O) groups excluding carboxylic acids is 1. The van der Waals surface area contributed by atoms with Crippen molar-refractivity contribution in [2.75, 3.05) is 0 Å². The van der Waals surface area contributed by atoms with Gasteiger partial charge < -0.3 is 0 Å². The smallest absolute Gasteiger partial charge is 0.187 e. The van der Waals surface area contributed by atoms with Gasteiger partial charge in [0.2, 0.25) is 0 Å². The molecule has 0 saturated heterocycles. The van der Waals surface area contributed by atoms with Gasteiger partial charge in [-0.2, -0.15) is 0 Å². The molecular formula is C15H14OS2. The van der Waals surface area contributed by atoms with Crippen LogP contribution in [0.2, 0.25) is 0 Å². The number of hydrogen-bond acceptors (Lipinski definition) is 3. The average Bonchev–Trinajstić information content (AvgIpc) is 2.85. The highest BCUT2D eigenvalue weighted by atomic mass is 32.1. The Morgan fingerprint density at radius 2 is 2.06 bits per heavy atom. The topological polar surface area (TPSA) is 17.1 Å². The van der Waals surface area contributed by atoms with Gasteiger partial charge in [-0.1, -0.05) is 23.8 Å². The predicted molar refractivity (Wildman–Crippen MR) is 81.5 cm³/mol. The Hall–Kier alpha value is -1.32. The van der Waals surface area contributed by atoms with E-state index in [0.717, 1.165) is 26.5 Å². The van der Waals surface area contributed by atoms with Crippen molar-refractivity contribution in [3.63, 3.8) is 0 Å². The van der Waals surface area contributed by atoms with Gasteiger partial charge in [0, 0.05) is 21.4 Å². The molecule has 18 heavy (non-hydrogen) atoms. The van der Waals surface area contributed by atoms with Gasteiger partial charge >= 0.3 is 0 Å². The van der Waals surface area contributed by atoms with Crippen molar-refractivity contribution < 1.29 is 4.79 Å². The molecule has 1 nitrogen and oxygen atoms in total. The van der Waals surface area contributed by atoms with Gasteiger partial charge in [-0.3, -0.25) is 4.79 Å². The minimum Gasteiger partial charge on any atom is -0.289 e. The summed E-state index contributed by atoms with van der Waals surface area (Å²) in [6.07, 6.45) is 1.59. The van der Waals surface area contributed by atoms with Gasteiger partial charge in [-0.15, -0.1) is 24.0 Å². The molecule has 0 saturated carbocycles. The maximum Gasteiger partial charge on any atom is 0.187 e. The van der Waals surface area contributed by atoms with Gasteiger partial charge in [-0.05, 0) is 36.9 Å². The van der Waals surface area contributed by atoms with Crippen LogP contribution in [0.5, 0.6) is 0 Å². The lowest BCUT2D eigenvalue weighted by molar-refractivity contribution is 0.104. The molecular weight excluding hydrogens is 260 g/mol. The van der Waals surface area contributed by atoms with Crippen LogP contribution in [0.3, 0.4) is 0 Å². The quantitative estimate of drug-likeness (QED) is 0.495. The molecule has 1 heterocycles. The van der Waals surface area contributed by atoms with Crippen molar-refractivity contribution in [2.24, 2.45) is 0 Å². The summed E-state index contributed by atoms with van der Waals surface area (Å²) >= 11 is 5.96. The molecule has 1 aromatic carbocycles. The monoisotopic (exact) mass is 274 g/mol. The number of benzene rings is 1. The zero-order valence-electron chi connectivity index (χ0n) is 10.3. The molecule has 0 aliphatic rings. The number of rotatable bonds is 3. The molecule has 0 bridgehead atoms. The zero-order chi connectivity index (χ0) is 13.1. The van der Waals surface area contributed by atoms with Crippen LogP contribution >= 0.6 is 24.0 Å². The fourth-order valence-electron chi connectivity index (χ4n) is 1.70. The van der Waals surface area contributed by atoms with Crippen molar-refractivity contribution in [3.8, 4) is 0 Å². The summed E-state index contributed by atoms with van der Waals surface area (Å²) in [5.74, 6) is 0.00889. The molecule has 0 unspecified atom stereocenters. The maximum absolute atomic E-state index is 12.2. The molecule has 0 fully saturated rings. The van der Waals surface area contributed by atoms with E-state index in [4.69, 9.17) is 0 Å². The van der Waals surface area contributed by atoms with E-state index in [1.165, 1.54) is 0 Å². The summed E-state index contributed by atoms with van der Waals surface area (Å²) in [6.45, 7) is 3.94. The van der Waals surface area contributed by atoms with E-state index in [1.807, 2.05) is 49.6 Å². The fraction of sp³-hybridized carbons (Fsp3) is 0.133. The van der Waals surface area contributed by atoms with Crippen LogP contribution < -0.4 is 0 Å². The minimum absolute atomic E-state index is 0.00889. The van der Waals surface area contributed by atoms with E-state index >= 15 is 0 Å². The zero-order valence-corrected chi connectivity index (χ0v) is 12.0. The lowest BCUT2D eigenvalue weighted by atomic mass is 10.0. The van der Waals surface area contributed by atoms with Gasteiger partial charge in [0.05, 0.1) is 0 Å². The highest BCUT2D eigenvalue weighted by Crippen LogP contribution is 2.24. The predicted octanol–water partition coefficient (Wildman–Crippen LogP) is 4.52. The second kappa shape index (κ2) is 5.55. The molecule has 3 heteroatoms. The highest BCUT2D eigenvalue weighted by Gasteiger charge is 2.08. The third-order valence-corrected chi connectivity index (χ3v) is 4.12. The maximum atomic E-state index is 12.2. The van der Waals surface area contributed by atoms with E-state index in [1.54, 1.807) is 17.4 Å². The Balaban J connectivity index is 2.32. The Labute approximate surface area is 117 Å². The van der Waals surface area contributed by atoms with Crippen LogP contribution in [-0.2, 0) is 0 Å². The Bertz CT molecular complexity index is 595. The number of thiol groups is 1. The molecule has 92 valence electrons. The Morgan fingerprint density at radius 1 is 1.28 bits per heavy atom. The summed E-state index contributed by atoms with van der Waals surface area (Å²) in [5, 5.41) is 1.97. The lowest BCUT2D eigenvalue weighted by Gasteiger charge is -2.04. The molecule has 0 radical (unpaired) electrons. The molecule has 1 aromatic heterocycles. The molecule has 2 aromatic rings. The van der Waals surface area contributed by atoms with Crippen molar-refractivity contribution in [1.82, 2.24) is 0 Å². The normalized spacial score (nSPS) is 11.6. The molecule has 0 aliphatic heterocycles. The van der Waals surface area contributed by atoms with Crippen LogP contribution in [0.15, 0.2) is 41.8 Å². The largest absolute Gasteiger partial charge is 0.289 e. The summed E-state index contributed by atoms with van der Waals surface area (Å²) in [4.78, 5) is 13.9. The van der Waals surface area contributed by atoms with Gasteiger partial charge in [0.25, 0.3) is 0 Å². The van der Waals surface area contributed by atoms with E-state index < -0.39 is 0 Å². The second-order valence-corrected chi connectivity index (χ2v) is 5.62. The molecule has 0 atom stereocenters. The first-order valence-corrected chi connectivity index (χ1v) is 6.97. The van der Waals surface area contributed by atoms with E-state index in [2.05, 4.69) is 12.6 Å². The summed E-state index contributed by atoms with van der Waals surface area (Å²) in [5.41, 5.74) is 2.83. The molecule has 2 rings (SSSR count). The minimum atomic E-state index is 0.00889. The Kier molecular flexibility index (Phi) is 4.04. The summed E-state index contributed by atoms with van der Waals surface area (Å²) in [7, 11) is 0. The van der Waals surface area contributed by atoms with E-state index in [-0.39, 0.29) is 5.78 Å². The molecule has 0 aliphatic carbocycles. The van der Waals surface area contributed by atoms with Gasteiger partial charge in [0.1, 0.15) is 0 Å².